The summed E-state index contributed by atoms with van der Waals surface area (Å²) in [6, 6.07) is 5.40. The van der Waals surface area contributed by atoms with Crippen LogP contribution in [0.1, 0.15) is 43.6 Å². The first-order chi connectivity index (χ1) is 14.8. The number of rotatable bonds is 6. The van der Waals surface area contributed by atoms with Gasteiger partial charge < -0.3 is 4.90 Å². The van der Waals surface area contributed by atoms with Crippen molar-refractivity contribution in [2.24, 2.45) is 13.0 Å². The molecule has 8 heteroatoms. The van der Waals surface area contributed by atoms with Crippen LogP contribution in [0.25, 0.3) is 0 Å². The van der Waals surface area contributed by atoms with Crippen LogP contribution in [0.5, 0.6) is 0 Å². The molecule has 2 aliphatic rings. The maximum absolute atomic E-state index is 13.6. The molecule has 0 atom stereocenters. The van der Waals surface area contributed by atoms with E-state index in [1.165, 1.54) is 10.5 Å². The number of hydrogen-bond acceptors (Lipinski definition) is 5. The number of likely N-dealkylation sites (tertiary alicyclic amines) is 1. The molecule has 2 aliphatic heterocycles. The van der Waals surface area contributed by atoms with E-state index < -0.39 is 5.54 Å². The smallest absolute Gasteiger partial charge is 0.309 e. The predicted octanol–water partition coefficient (Wildman–Crippen LogP) is 2.58. The Morgan fingerprint density at radius 1 is 1.13 bits per heavy atom. The van der Waals surface area contributed by atoms with Crippen molar-refractivity contribution in [3.63, 3.8) is 0 Å². The largest absolute Gasteiger partial charge is 0.328 e. The molecule has 31 heavy (non-hydrogen) atoms. The number of hydrogen-bond donors (Lipinski definition) is 0. The molecule has 0 unspecified atom stereocenters. The van der Waals surface area contributed by atoms with Crippen LogP contribution >= 0.6 is 0 Å². The second-order valence-electron chi connectivity index (χ2n) is 9.19. The summed E-state index contributed by atoms with van der Waals surface area (Å²) in [6.07, 6.45) is 4.93. The van der Waals surface area contributed by atoms with Gasteiger partial charge in [-0.15, -0.1) is 0 Å². The molecule has 0 bridgehead atoms. The van der Waals surface area contributed by atoms with Crippen molar-refractivity contribution in [2.75, 3.05) is 19.6 Å². The molecule has 3 amide bonds. The third kappa shape index (κ3) is 3.96. The normalized spacial score (nSPS) is 19.3. The second-order valence-corrected chi connectivity index (χ2v) is 9.19. The molecule has 2 fully saturated rings. The number of carbonyl (C=O) groups is 2. The Labute approximate surface area is 183 Å². The van der Waals surface area contributed by atoms with Crippen LogP contribution in [0.3, 0.4) is 0 Å². The van der Waals surface area contributed by atoms with Gasteiger partial charge in [0, 0.05) is 50.7 Å². The number of nitrogens with zero attached hydrogens (tertiary/aromatic N) is 6. The quantitative estimate of drug-likeness (QED) is 0.667. The molecule has 0 radical (unpaired) electrons. The van der Waals surface area contributed by atoms with Gasteiger partial charge in [0.1, 0.15) is 5.54 Å². The van der Waals surface area contributed by atoms with Crippen molar-refractivity contribution in [3.8, 4) is 0 Å². The zero-order valence-corrected chi connectivity index (χ0v) is 18.9. The van der Waals surface area contributed by atoms with Crippen molar-refractivity contribution in [1.29, 1.82) is 0 Å². The van der Waals surface area contributed by atoms with Crippen LogP contribution in [0.2, 0.25) is 0 Å². The minimum Gasteiger partial charge on any atom is -0.309 e. The fourth-order valence-electron chi connectivity index (χ4n) is 4.70. The lowest BCUT2D eigenvalue weighted by Gasteiger charge is -2.42. The molecule has 166 valence electrons. The number of imide groups is 1. The molecule has 4 heterocycles. The maximum atomic E-state index is 13.6. The molecule has 0 saturated carbocycles. The minimum atomic E-state index is -0.739. The summed E-state index contributed by atoms with van der Waals surface area (Å²) in [4.78, 5) is 36.9. The fraction of sp³-hybridized carbons (Fsp3) is 0.565. The topological polar surface area (TPSA) is 74.6 Å². The number of carbonyl (C=O) groups excluding carboxylic acids is 2. The van der Waals surface area contributed by atoms with E-state index in [2.05, 4.69) is 35.8 Å². The van der Waals surface area contributed by atoms with E-state index in [1.807, 2.05) is 41.0 Å². The molecule has 2 saturated heterocycles. The standard InChI is InChI=1S/C23H32N6O2/c1-17(2)14-29-22(31)28(16-20-7-5-6-10-24-20)21(30)23(29)8-11-27(12-9-23)15-19-13-25-26(4)18(19)3/h5-7,10,13,17H,8-9,11-12,14-16H2,1-4H3. The van der Waals surface area contributed by atoms with Gasteiger partial charge >= 0.3 is 6.03 Å². The Morgan fingerprint density at radius 2 is 1.87 bits per heavy atom. The molecule has 1 spiro atoms. The number of aryl methyl sites for hydroxylation is 1. The van der Waals surface area contributed by atoms with Gasteiger partial charge in [-0.25, -0.2) is 4.79 Å². The predicted molar refractivity (Wildman–Crippen MR) is 117 cm³/mol. The van der Waals surface area contributed by atoms with Gasteiger partial charge in [0.15, 0.2) is 0 Å². The third-order valence-electron chi connectivity index (χ3n) is 6.63. The molecule has 4 rings (SSSR count). The van der Waals surface area contributed by atoms with Gasteiger partial charge in [0.25, 0.3) is 5.91 Å². The Balaban J connectivity index is 1.52. The van der Waals surface area contributed by atoms with Crippen LogP contribution in [0.15, 0.2) is 30.6 Å². The van der Waals surface area contributed by atoms with E-state index >= 15 is 0 Å². The van der Waals surface area contributed by atoms with Gasteiger partial charge in [-0.3, -0.25) is 24.3 Å². The van der Waals surface area contributed by atoms with E-state index in [0.29, 0.717) is 25.3 Å². The van der Waals surface area contributed by atoms with Gasteiger partial charge in [0.2, 0.25) is 0 Å². The van der Waals surface area contributed by atoms with Crippen LogP contribution in [-0.4, -0.2) is 66.6 Å². The molecule has 8 nitrogen and oxygen atoms in total. The number of piperidine rings is 1. The highest BCUT2D eigenvalue weighted by molar-refractivity contribution is 6.07. The summed E-state index contributed by atoms with van der Waals surface area (Å²) in [6.45, 7) is 9.45. The Bertz CT molecular complexity index is 946. The molecule has 0 aromatic carbocycles. The maximum Gasteiger partial charge on any atom is 0.328 e. The number of pyridine rings is 1. The van der Waals surface area contributed by atoms with Crippen LogP contribution < -0.4 is 0 Å². The monoisotopic (exact) mass is 424 g/mol. The van der Waals surface area contributed by atoms with Crippen molar-refractivity contribution in [3.05, 3.63) is 47.5 Å². The molecule has 0 aliphatic carbocycles. The summed E-state index contributed by atoms with van der Waals surface area (Å²) in [5.41, 5.74) is 2.37. The van der Waals surface area contributed by atoms with Crippen LogP contribution in [-0.2, 0) is 24.9 Å². The SMILES string of the molecule is Cc1c(CN2CCC3(CC2)C(=O)N(Cc2ccccn2)C(=O)N3CC(C)C)cnn1C. The fourth-order valence-corrected chi connectivity index (χ4v) is 4.70. The summed E-state index contributed by atoms with van der Waals surface area (Å²) >= 11 is 0. The van der Waals surface area contributed by atoms with Gasteiger partial charge in [0.05, 0.1) is 18.4 Å². The Kier molecular flexibility index (Phi) is 5.83. The second kappa shape index (κ2) is 8.42. The molecular weight excluding hydrogens is 392 g/mol. The van der Waals surface area contributed by atoms with Crippen LogP contribution in [0.4, 0.5) is 4.79 Å². The lowest BCUT2D eigenvalue weighted by atomic mass is 9.85. The van der Waals surface area contributed by atoms with Crippen molar-refractivity contribution in [1.82, 2.24) is 29.5 Å². The van der Waals surface area contributed by atoms with E-state index in [4.69, 9.17) is 0 Å². The summed E-state index contributed by atoms with van der Waals surface area (Å²) in [5, 5.41) is 4.34. The first-order valence-corrected chi connectivity index (χ1v) is 11.0. The van der Waals surface area contributed by atoms with Gasteiger partial charge in [-0.1, -0.05) is 19.9 Å². The van der Waals surface area contributed by atoms with E-state index in [0.717, 1.165) is 31.0 Å². The number of aromatic nitrogens is 3. The lowest BCUT2D eigenvalue weighted by Crippen LogP contribution is -2.57. The third-order valence-corrected chi connectivity index (χ3v) is 6.63. The van der Waals surface area contributed by atoms with Crippen molar-refractivity contribution < 1.29 is 9.59 Å². The van der Waals surface area contributed by atoms with Gasteiger partial charge in [-0.2, -0.15) is 5.10 Å². The van der Waals surface area contributed by atoms with E-state index in [9.17, 15) is 9.59 Å². The van der Waals surface area contributed by atoms with E-state index in [-0.39, 0.29) is 18.5 Å². The zero-order valence-electron chi connectivity index (χ0n) is 18.9. The summed E-state index contributed by atoms with van der Waals surface area (Å²) in [7, 11) is 1.95. The lowest BCUT2D eigenvalue weighted by molar-refractivity contribution is -0.136. The van der Waals surface area contributed by atoms with Crippen molar-refractivity contribution in [2.45, 2.75) is 52.2 Å². The molecular formula is C23H32N6O2. The Morgan fingerprint density at radius 3 is 2.45 bits per heavy atom. The van der Waals surface area contributed by atoms with Crippen LogP contribution in [0, 0.1) is 12.8 Å². The first-order valence-electron chi connectivity index (χ1n) is 11.0. The Hall–Kier alpha value is -2.74. The number of urea groups is 1. The van der Waals surface area contributed by atoms with E-state index in [1.54, 1.807) is 6.20 Å². The number of amides is 3. The summed E-state index contributed by atoms with van der Waals surface area (Å²) < 4.78 is 1.89. The highest BCUT2D eigenvalue weighted by Gasteiger charge is 2.57. The first kappa shape index (κ1) is 21.5. The highest BCUT2D eigenvalue weighted by atomic mass is 16.2. The molecule has 2 aromatic heterocycles. The van der Waals surface area contributed by atoms with Gasteiger partial charge in [-0.05, 0) is 37.8 Å². The average Bonchev–Trinajstić information content (AvgIpc) is 3.16. The minimum absolute atomic E-state index is 0.0685. The zero-order chi connectivity index (χ0) is 22.2. The highest BCUT2D eigenvalue weighted by Crippen LogP contribution is 2.38. The van der Waals surface area contributed by atoms with Crippen molar-refractivity contribution >= 4 is 11.9 Å². The summed E-state index contributed by atoms with van der Waals surface area (Å²) in [5.74, 6) is 0.223. The average molecular weight is 425 g/mol. The molecule has 0 N–H and O–H groups in total. The molecule has 2 aromatic rings.